The first-order valence-corrected chi connectivity index (χ1v) is 10.8. The highest BCUT2D eigenvalue weighted by atomic mass is 35.5. The predicted octanol–water partition coefficient (Wildman–Crippen LogP) is 6.67. The number of unbranched alkanes of at least 4 members (excludes halogenated alkanes) is 1. The fourth-order valence-electron chi connectivity index (χ4n) is 2.99. The van der Waals surface area contributed by atoms with Gasteiger partial charge in [0.2, 0.25) is 0 Å². The molecule has 0 bridgehead atoms. The van der Waals surface area contributed by atoms with Crippen LogP contribution in [0.15, 0.2) is 47.5 Å². The summed E-state index contributed by atoms with van der Waals surface area (Å²) in [7, 11) is -0.379. The van der Waals surface area contributed by atoms with Gasteiger partial charge >= 0.3 is 7.12 Å². The first-order chi connectivity index (χ1) is 12.8. The molecule has 0 saturated carbocycles. The number of alkyl halides is 2. The molecule has 1 aliphatic heterocycles. The van der Waals surface area contributed by atoms with Crippen LogP contribution < -0.4 is 0 Å². The molecule has 0 N–H and O–H groups in total. The lowest BCUT2D eigenvalue weighted by molar-refractivity contribution is 0.00578. The third kappa shape index (κ3) is 6.12. The van der Waals surface area contributed by atoms with Crippen LogP contribution >= 0.6 is 23.2 Å². The second-order valence-corrected chi connectivity index (χ2v) is 8.71. The van der Waals surface area contributed by atoms with Crippen molar-refractivity contribution in [2.75, 3.05) is 11.8 Å². The molecule has 0 unspecified atom stereocenters. The van der Waals surface area contributed by atoms with Crippen molar-refractivity contribution >= 4 is 36.4 Å². The fourth-order valence-corrected chi connectivity index (χ4v) is 3.28. The Morgan fingerprint density at radius 1 is 0.963 bits per heavy atom. The van der Waals surface area contributed by atoms with E-state index in [-0.39, 0.29) is 18.3 Å². The number of halogens is 2. The summed E-state index contributed by atoms with van der Waals surface area (Å²) in [6, 6.07) is 10.4. The third-order valence-electron chi connectivity index (χ3n) is 5.30. The van der Waals surface area contributed by atoms with Crippen LogP contribution in [0.4, 0.5) is 0 Å². The number of allylic oxidation sites excluding steroid dienone is 3. The zero-order valence-corrected chi connectivity index (χ0v) is 18.4. The average molecular weight is 409 g/mol. The van der Waals surface area contributed by atoms with Crippen molar-refractivity contribution in [3.8, 4) is 0 Å². The van der Waals surface area contributed by atoms with Crippen LogP contribution in [0.5, 0.6) is 0 Å². The van der Waals surface area contributed by atoms with Crippen molar-refractivity contribution in [3.05, 3.63) is 53.0 Å². The molecular formula is C22H31BCl2O2. The lowest BCUT2D eigenvalue weighted by Gasteiger charge is -2.32. The Hall–Kier alpha value is -0.735. The van der Waals surface area contributed by atoms with Gasteiger partial charge in [-0.25, -0.2) is 0 Å². The maximum atomic E-state index is 6.36. The molecule has 1 saturated heterocycles. The van der Waals surface area contributed by atoms with E-state index in [0.29, 0.717) is 11.8 Å². The number of hydrogen-bond acceptors (Lipinski definition) is 2. The molecule has 27 heavy (non-hydrogen) atoms. The first-order valence-electron chi connectivity index (χ1n) is 9.74. The van der Waals surface area contributed by atoms with Crippen LogP contribution in [0.3, 0.4) is 0 Å². The maximum absolute atomic E-state index is 6.36. The van der Waals surface area contributed by atoms with E-state index in [0.717, 1.165) is 31.2 Å². The van der Waals surface area contributed by atoms with Crippen molar-refractivity contribution < 1.29 is 9.31 Å². The second kappa shape index (κ2) is 10.2. The number of hydrogen-bond donors (Lipinski definition) is 0. The van der Waals surface area contributed by atoms with E-state index >= 15 is 0 Å². The largest absolute Gasteiger partial charge is 0.494 e. The molecule has 2 rings (SSSR count). The molecule has 1 heterocycles. The summed E-state index contributed by atoms with van der Waals surface area (Å²) >= 11 is 11.9. The highest BCUT2D eigenvalue weighted by molar-refractivity contribution is 6.56. The van der Waals surface area contributed by atoms with E-state index in [1.54, 1.807) is 0 Å². The average Bonchev–Trinajstić information content (AvgIpc) is 2.84. The number of rotatable bonds is 9. The SMILES string of the molecule is CC1(C)OB(C(=C\CCCCl)/C(=C/c2ccccc2)CCCCl)OC1(C)C. The predicted molar refractivity (Wildman–Crippen MR) is 118 cm³/mol. The van der Waals surface area contributed by atoms with Gasteiger partial charge in [0.25, 0.3) is 0 Å². The van der Waals surface area contributed by atoms with Gasteiger partial charge < -0.3 is 9.31 Å². The van der Waals surface area contributed by atoms with Crippen LogP contribution in [0, 0.1) is 0 Å². The van der Waals surface area contributed by atoms with E-state index in [4.69, 9.17) is 32.5 Å². The van der Waals surface area contributed by atoms with E-state index in [1.165, 1.54) is 11.1 Å². The Kier molecular flexibility index (Phi) is 8.49. The Balaban J connectivity index is 2.39. The summed E-state index contributed by atoms with van der Waals surface area (Å²) in [6.45, 7) is 8.34. The minimum atomic E-state index is -0.379. The van der Waals surface area contributed by atoms with Gasteiger partial charge in [-0.05, 0) is 70.0 Å². The highest BCUT2D eigenvalue weighted by Gasteiger charge is 2.52. The third-order valence-corrected chi connectivity index (χ3v) is 5.83. The molecule has 0 amide bonds. The van der Waals surface area contributed by atoms with Gasteiger partial charge in [-0.2, -0.15) is 0 Å². The Morgan fingerprint density at radius 3 is 2.11 bits per heavy atom. The zero-order chi connectivity index (χ0) is 19.9. The molecule has 1 aromatic rings. The van der Waals surface area contributed by atoms with Crippen LogP contribution in [0.2, 0.25) is 0 Å². The summed E-state index contributed by atoms with van der Waals surface area (Å²) in [6.07, 6.45) is 8.08. The summed E-state index contributed by atoms with van der Waals surface area (Å²) < 4.78 is 12.7. The molecule has 1 aliphatic rings. The summed E-state index contributed by atoms with van der Waals surface area (Å²) in [4.78, 5) is 0. The van der Waals surface area contributed by atoms with E-state index in [9.17, 15) is 0 Å². The molecule has 148 valence electrons. The highest BCUT2D eigenvalue weighted by Crippen LogP contribution is 2.40. The Labute approximate surface area is 175 Å². The van der Waals surface area contributed by atoms with Crippen molar-refractivity contribution in [1.82, 2.24) is 0 Å². The zero-order valence-electron chi connectivity index (χ0n) is 16.9. The van der Waals surface area contributed by atoms with Gasteiger partial charge in [0.15, 0.2) is 0 Å². The quantitative estimate of drug-likeness (QED) is 0.196. The van der Waals surface area contributed by atoms with Crippen LogP contribution in [0.25, 0.3) is 6.08 Å². The molecule has 1 fully saturated rings. The lowest BCUT2D eigenvalue weighted by Crippen LogP contribution is -2.41. The van der Waals surface area contributed by atoms with E-state index in [1.807, 2.05) is 6.07 Å². The van der Waals surface area contributed by atoms with Gasteiger partial charge in [0.05, 0.1) is 11.2 Å². The molecule has 0 spiro atoms. The van der Waals surface area contributed by atoms with Crippen molar-refractivity contribution in [1.29, 1.82) is 0 Å². The first kappa shape index (κ1) is 22.6. The molecule has 0 atom stereocenters. The minimum absolute atomic E-state index is 0.367. The van der Waals surface area contributed by atoms with Crippen molar-refractivity contribution in [2.24, 2.45) is 0 Å². The molecule has 2 nitrogen and oxygen atoms in total. The monoisotopic (exact) mass is 408 g/mol. The molecule has 0 radical (unpaired) electrons. The second-order valence-electron chi connectivity index (χ2n) is 7.95. The van der Waals surface area contributed by atoms with Gasteiger partial charge in [-0.1, -0.05) is 42.5 Å². The molecular weight excluding hydrogens is 378 g/mol. The normalized spacial score (nSPS) is 19.6. The van der Waals surface area contributed by atoms with Crippen molar-refractivity contribution in [2.45, 2.75) is 64.6 Å². The lowest BCUT2D eigenvalue weighted by atomic mass is 9.71. The van der Waals surface area contributed by atoms with Gasteiger partial charge in [-0.3, -0.25) is 0 Å². The topological polar surface area (TPSA) is 18.5 Å². The summed E-state index contributed by atoms with van der Waals surface area (Å²) in [5, 5.41) is 0. The molecule has 0 aliphatic carbocycles. The Bertz CT molecular complexity index is 638. The van der Waals surface area contributed by atoms with Gasteiger partial charge in [-0.15, -0.1) is 23.2 Å². The fraction of sp³-hybridized carbons (Fsp3) is 0.545. The number of benzene rings is 1. The van der Waals surface area contributed by atoms with Crippen LogP contribution in [-0.4, -0.2) is 30.1 Å². The van der Waals surface area contributed by atoms with E-state index < -0.39 is 0 Å². The smallest absolute Gasteiger partial charge is 0.399 e. The van der Waals surface area contributed by atoms with Crippen LogP contribution in [-0.2, 0) is 9.31 Å². The Morgan fingerprint density at radius 2 is 1.56 bits per heavy atom. The molecule has 1 aromatic carbocycles. The summed E-state index contributed by atoms with van der Waals surface area (Å²) in [5.41, 5.74) is 2.76. The maximum Gasteiger partial charge on any atom is 0.494 e. The minimum Gasteiger partial charge on any atom is -0.399 e. The van der Waals surface area contributed by atoms with E-state index in [2.05, 4.69) is 64.1 Å². The standard InChI is InChI=1S/C22H31BCl2O2/c1-21(2)22(3,4)27-23(26-21)20(14-8-9-15-24)19(13-10-16-25)17-18-11-6-5-7-12-18/h5-7,11-12,14,17H,8-10,13,15-16H2,1-4H3/b19-17+,20-14-. The molecule has 0 aromatic heterocycles. The molecule has 5 heteroatoms. The van der Waals surface area contributed by atoms with Crippen LogP contribution in [0.1, 0.15) is 58.9 Å². The van der Waals surface area contributed by atoms with Gasteiger partial charge in [0.1, 0.15) is 0 Å². The van der Waals surface area contributed by atoms with Crippen molar-refractivity contribution in [3.63, 3.8) is 0 Å². The van der Waals surface area contributed by atoms with Gasteiger partial charge in [0, 0.05) is 11.8 Å². The summed E-state index contributed by atoms with van der Waals surface area (Å²) in [5.74, 6) is 1.27.